The summed E-state index contributed by atoms with van der Waals surface area (Å²) in [5.41, 5.74) is 3.06. The Morgan fingerprint density at radius 2 is 1.65 bits per heavy atom. The lowest BCUT2D eigenvalue weighted by Gasteiger charge is -2.12. The Labute approximate surface area is 181 Å². The molecule has 0 atom stereocenters. The predicted octanol–water partition coefficient (Wildman–Crippen LogP) is 3.94. The van der Waals surface area contributed by atoms with Crippen LogP contribution in [0.25, 0.3) is 0 Å². The van der Waals surface area contributed by atoms with Gasteiger partial charge in [0.05, 0.1) is 10.6 Å². The zero-order valence-corrected chi connectivity index (χ0v) is 18.0. The van der Waals surface area contributed by atoms with E-state index >= 15 is 0 Å². The van der Waals surface area contributed by atoms with Gasteiger partial charge >= 0.3 is 0 Å². The average molecular weight is 443 g/mol. The number of aryl methyl sites for hydroxylation is 2. The minimum atomic E-state index is -3.75. The number of ether oxygens (including phenoxy) is 1. The molecule has 162 valence electrons. The van der Waals surface area contributed by atoms with Gasteiger partial charge in [-0.25, -0.2) is 12.8 Å². The number of amides is 1. The van der Waals surface area contributed by atoms with E-state index in [4.69, 9.17) is 4.74 Å². The lowest BCUT2D eigenvalue weighted by Crippen LogP contribution is -2.28. The SMILES string of the molecule is Cc1ccc(C)c(NS(=O)(=O)c2ccc(OCC(=O)NCc3ccc(F)cc3)cc2)c1. The first-order valence-corrected chi connectivity index (χ1v) is 11.1. The lowest BCUT2D eigenvalue weighted by molar-refractivity contribution is -0.123. The van der Waals surface area contributed by atoms with Crippen LogP contribution in [0.5, 0.6) is 5.75 Å². The minimum absolute atomic E-state index is 0.0847. The van der Waals surface area contributed by atoms with Crippen LogP contribution in [-0.4, -0.2) is 20.9 Å². The number of carbonyl (C=O) groups excluding carboxylic acids is 1. The summed E-state index contributed by atoms with van der Waals surface area (Å²) in [4.78, 5) is 12.0. The van der Waals surface area contributed by atoms with Gasteiger partial charge in [-0.05, 0) is 73.0 Å². The van der Waals surface area contributed by atoms with Gasteiger partial charge in [-0.3, -0.25) is 9.52 Å². The first-order valence-electron chi connectivity index (χ1n) is 9.57. The Morgan fingerprint density at radius 1 is 0.968 bits per heavy atom. The van der Waals surface area contributed by atoms with Crippen molar-refractivity contribution < 1.29 is 22.3 Å². The molecule has 6 nitrogen and oxygen atoms in total. The third kappa shape index (κ3) is 6.29. The highest BCUT2D eigenvalue weighted by Crippen LogP contribution is 2.22. The van der Waals surface area contributed by atoms with Crippen LogP contribution < -0.4 is 14.8 Å². The van der Waals surface area contributed by atoms with Gasteiger partial charge in [0.2, 0.25) is 0 Å². The number of hydrogen-bond donors (Lipinski definition) is 2. The molecule has 2 N–H and O–H groups in total. The lowest BCUT2D eigenvalue weighted by atomic mass is 10.1. The highest BCUT2D eigenvalue weighted by Gasteiger charge is 2.15. The van der Waals surface area contributed by atoms with Gasteiger partial charge in [-0.1, -0.05) is 24.3 Å². The number of hydrogen-bond acceptors (Lipinski definition) is 4. The third-order valence-corrected chi connectivity index (χ3v) is 5.93. The fourth-order valence-electron chi connectivity index (χ4n) is 2.77. The van der Waals surface area contributed by atoms with E-state index < -0.39 is 10.0 Å². The van der Waals surface area contributed by atoms with Crippen molar-refractivity contribution in [1.29, 1.82) is 0 Å². The van der Waals surface area contributed by atoms with Gasteiger partial charge in [-0.15, -0.1) is 0 Å². The van der Waals surface area contributed by atoms with Crippen LogP contribution in [-0.2, 0) is 21.4 Å². The summed E-state index contributed by atoms with van der Waals surface area (Å²) in [6.45, 7) is 3.74. The Kier molecular flexibility index (Phi) is 6.91. The molecule has 8 heteroatoms. The van der Waals surface area contributed by atoms with Gasteiger partial charge in [0.15, 0.2) is 6.61 Å². The first kappa shape index (κ1) is 22.3. The molecule has 0 saturated carbocycles. The second kappa shape index (κ2) is 9.61. The number of benzene rings is 3. The summed E-state index contributed by atoms with van der Waals surface area (Å²) in [5, 5.41) is 2.67. The van der Waals surface area contributed by atoms with Crippen molar-refractivity contribution in [3.05, 3.63) is 89.2 Å². The summed E-state index contributed by atoms with van der Waals surface area (Å²) in [6, 6.07) is 17.2. The standard InChI is InChI=1S/C23H23FN2O4S/c1-16-3-4-17(2)22(13-16)26-31(28,29)21-11-9-20(10-12-21)30-15-23(27)25-14-18-5-7-19(24)8-6-18/h3-13,26H,14-15H2,1-2H3,(H,25,27). The van der Waals surface area contributed by atoms with E-state index in [2.05, 4.69) is 10.0 Å². The average Bonchev–Trinajstić information content (AvgIpc) is 2.74. The smallest absolute Gasteiger partial charge is 0.261 e. The molecule has 3 aromatic rings. The predicted molar refractivity (Wildman–Crippen MR) is 117 cm³/mol. The highest BCUT2D eigenvalue weighted by atomic mass is 32.2. The van der Waals surface area contributed by atoms with Gasteiger partial charge in [0.1, 0.15) is 11.6 Å². The minimum Gasteiger partial charge on any atom is -0.484 e. The largest absolute Gasteiger partial charge is 0.484 e. The third-order valence-electron chi connectivity index (χ3n) is 4.54. The zero-order valence-electron chi connectivity index (χ0n) is 17.2. The molecule has 0 bridgehead atoms. The quantitative estimate of drug-likeness (QED) is 0.554. The van der Waals surface area contributed by atoms with Crippen LogP contribution in [0.4, 0.5) is 10.1 Å². The number of sulfonamides is 1. The molecule has 0 spiro atoms. The van der Waals surface area contributed by atoms with Crippen LogP contribution in [0.15, 0.2) is 71.6 Å². The summed E-state index contributed by atoms with van der Waals surface area (Å²) in [7, 11) is -3.75. The van der Waals surface area contributed by atoms with Crippen molar-refractivity contribution in [3.8, 4) is 5.75 Å². The van der Waals surface area contributed by atoms with E-state index in [0.717, 1.165) is 16.7 Å². The number of nitrogens with one attached hydrogen (secondary N) is 2. The van der Waals surface area contributed by atoms with Crippen molar-refractivity contribution >= 4 is 21.6 Å². The van der Waals surface area contributed by atoms with E-state index in [9.17, 15) is 17.6 Å². The molecule has 0 fully saturated rings. The van der Waals surface area contributed by atoms with Gasteiger partial charge in [-0.2, -0.15) is 0 Å². The van der Waals surface area contributed by atoms with Crippen molar-refractivity contribution in [2.24, 2.45) is 0 Å². The molecule has 3 aromatic carbocycles. The molecule has 31 heavy (non-hydrogen) atoms. The van der Waals surface area contributed by atoms with Crippen LogP contribution in [0.3, 0.4) is 0 Å². The van der Waals surface area contributed by atoms with Gasteiger partial charge in [0.25, 0.3) is 15.9 Å². The van der Waals surface area contributed by atoms with E-state index in [1.165, 1.54) is 36.4 Å². The molecule has 0 aliphatic rings. The van der Waals surface area contributed by atoms with E-state index in [1.54, 1.807) is 18.2 Å². The maximum absolute atomic E-state index is 12.9. The Bertz CT molecular complexity index is 1160. The maximum Gasteiger partial charge on any atom is 0.261 e. The summed E-state index contributed by atoms with van der Waals surface area (Å²) in [5.74, 6) is -0.326. The molecule has 0 heterocycles. The molecule has 0 aliphatic heterocycles. The number of anilines is 1. The molecular weight excluding hydrogens is 419 g/mol. The zero-order chi connectivity index (χ0) is 22.4. The second-order valence-corrected chi connectivity index (χ2v) is 8.77. The summed E-state index contributed by atoms with van der Waals surface area (Å²) < 4.78 is 46.2. The van der Waals surface area contributed by atoms with Crippen LogP contribution in [0.1, 0.15) is 16.7 Å². The van der Waals surface area contributed by atoms with Crippen LogP contribution in [0, 0.1) is 19.7 Å². The molecule has 1 amide bonds. The van der Waals surface area contributed by atoms with Crippen molar-refractivity contribution in [1.82, 2.24) is 5.32 Å². The molecule has 0 unspecified atom stereocenters. The molecule has 0 aromatic heterocycles. The maximum atomic E-state index is 12.9. The normalized spacial score (nSPS) is 11.1. The molecule has 0 saturated heterocycles. The van der Waals surface area contributed by atoms with Crippen LogP contribution >= 0.6 is 0 Å². The Balaban J connectivity index is 1.55. The Hall–Kier alpha value is -3.39. The Morgan fingerprint density at radius 3 is 2.32 bits per heavy atom. The molecule has 0 radical (unpaired) electrons. The van der Waals surface area contributed by atoms with E-state index in [1.807, 2.05) is 26.0 Å². The fraction of sp³-hybridized carbons (Fsp3) is 0.174. The molecule has 3 rings (SSSR count). The van der Waals surface area contributed by atoms with E-state index in [0.29, 0.717) is 11.4 Å². The molecule has 0 aliphatic carbocycles. The van der Waals surface area contributed by atoms with Crippen molar-refractivity contribution in [2.75, 3.05) is 11.3 Å². The van der Waals surface area contributed by atoms with E-state index in [-0.39, 0.29) is 29.8 Å². The monoisotopic (exact) mass is 442 g/mol. The number of rotatable bonds is 8. The fourth-order valence-corrected chi connectivity index (χ4v) is 3.89. The van der Waals surface area contributed by atoms with Crippen molar-refractivity contribution in [3.63, 3.8) is 0 Å². The topological polar surface area (TPSA) is 84.5 Å². The number of halogens is 1. The highest BCUT2D eigenvalue weighted by molar-refractivity contribution is 7.92. The molecular formula is C23H23FN2O4S. The second-order valence-electron chi connectivity index (χ2n) is 7.09. The van der Waals surface area contributed by atoms with Crippen molar-refractivity contribution in [2.45, 2.75) is 25.3 Å². The van der Waals surface area contributed by atoms with Crippen LogP contribution in [0.2, 0.25) is 0 Å². The summed E-state index contributed by atoms with van der Waals surface area (Å²) >= 11 is 0. The van der Waals surface area contributed by atoms with Gasteiger partial charge in [0, 0.05) is 6.54 Å². The summed E-state index contributed by atoms with van der Waals surface area (Å²) in [6.07, 6.45) is 0. The van der Waals surface area contributed by atoms with Gasteiger partial charge < -0.3 is 10.1 Å². The first-order chi connectivity index (χ1) is 14.7. The number of carbonyl (C=O) groups is 1.